The Hall–Kier alpha value is -4.34. The van der Waals surface area contributed by atoms with Gasteiger partial charge in [-0.3, -0.25) is 4.57 Å². The third-order valence-electron chi connectivity index (χ3n) is 8.99. The third-order valence-corrected chi connectivity index (χ3v) is 8.99. The van der Waals surface area contributed by atoms with Crippen molar-refractivity contribution in [2.45, 2.75) is 71.2 Å². The van der Waals surface area contributed by atoms with Gasteiger partial charge < -0.3 is 24.1 Å². The SMILES string of the molecule is CC(C)(C)OC(=O)n1ccc2cc(C=C(CNC(=O)OCC3c4ccccc4-c4ccccc43)B3OC(C)(C)C(C)(C)O3)ccc21. The molecule has 2 aliphatic rings. The summed E-state index contributed by atoms with van der Waals surface area (Å²) in [6, 6.07) is 24.2. The molecule has 46 heavy (non-hydrogen) atoms. The lowest BCUT2D eigenvalue weighted by Crippen LogP contribution is -2.41. The molecule has 0 spiro atoms. The van der Waals surface area contributed by atoms with Crippen LogP contribution in [0.1, 0.15) is 71.1 Å². The molecule has 0 radical (unpaired) electrons. The van der Waals surface area contributed by atoms with Crippen LogP contribution in [0.3, 0.4) is 0 Å². The predicted molar refractivity (Wildman–Crippen MR) is 181 cm³/mol. The highest BCUT2D eigenvalue weighted by molar-refractivity contribution is 6.56. The Bertz CT molecular complexity index is 1770. The number of fused-ring (bicyclic) bond motifs is 4. The molecule has 238 valence electrons. The molecule has 1 amide bonds. The molecule has 1 N–H and O–H groups in total. The topological polar surface area (TPSA) is 88.0 Å². The van der Waals surface area contributed by atoms with Crippen molar-refractivity contribution in [3.63, 3.8) is 0 Å². The first kappa shape index (κ1) is 31.6. The molecule has 2 heterocycles. The molecule has 0 saturated carbocycles. The maximum atomic E-state index is 13.1. The number of ether oxygens (including phenoxy) is 2. The van der Waals surface area contributed by atoms with Crippen molar-refractivity contribution in [2.24, 2.45) is 0 Å². The summed E-state index contributed by atoms with van der Waals surface area (Å²) in [5.74, 6) is -0.0315. The summed E-state index contributed by atoms with van der Waals surface area (Å²) in [5, 5.41) is 3.80. The molecule has 6 rings (SSSR count). The molecule has 4 aromatic rings. The zero-order chi connectivity index (χ0) is 32.9. The molecule has 0 bridgehead atoms. The summed E-state index contributed by atoms with van der Waals surface area (Å²) in [4.78, 5) is 25.8. The van der Waals surface area contributed by atoms with Crippen molar-refractivity contribution in [3.05, 3.63) is 101 Å². The van der Waals surface area contributed by atoms with Crippen molar-refractivity contribution >= 4 is 36.3 Å². The van der Waals surface area contributed by atoms with E-state index in [1.807, 2.05) is 103 Å². The van der Waals surface area contributed by atoms with Gasteiger partial charge in [-0.15, -0.1) is 0 Å². The van der Waals surface area contributed by atoms with Crippen molar-refractivity contribution in [1.29, 1.82) is 0 Å². The highest BCUT2D eigenvalue weighted by Crippen LogP contribution is 2.44. The Labute approximate surface area is 270 Å². The van der Waals surface area contributed by atoms with Crippen molar-refractivity contribution < 1.29 is 28.4 Å². The normalized spacial score (nSPS) is 17.1. The molecule has 8 nitrogen and oxygen atoms in total. The second-order valence-electron chi connectivity index (χ2n) is 14.0. The summed E-state index contributed by atoms with van der Waals surface area (Å²) in [7, 11) is -0.680. The van der Waals surface area contributed by atoms with Gasteiger partial charge in [0.15, 0.2) is 0 Å². The van der Waals surface area contributed by atoms with E-state index < -0.39 is 36.1 Å². The summed E-state index contributed by atoms with van der Waals surface area (Å²) >= 11 is 0. The van der Waals surface area contributed by atoms with Gasteiger partial charge in [0.1, 0.15) is 12.2 Å². The molecular weight excluding hydrogens is 579 g/mol. The van der Waals surface area contributed by atoms with Crippen molar-refractivity contribution in [1.82, 2.24) is 9.88 Å². The van der Waals surface area contributed by atoms with Gasteiger partial charge in [-0.1, -0.05) is 60.7 Å². The van der Waals surface area contributed by atoms with Gasteiger partial charge in [-0.2, -0.15) is 0 Å². The average molecular weight is 621 g/mol. The fourth-order valence-corrected chi connectivity index (χ4v) is 5.96. The van der Waals surface area contributed by atoms with Gasteiger partial charge >= 0.3 is 19.3 Å². The number of amides is 1. The van der Waals surface area contributed by atoms with E-state index in [9.17, 15) is 9.59 Å². The lowest BCUT2D eigenvalue weighted by Gasteiger charge is -2.32. The Morgan fingerprint density at radius 1 is 0.913 bits per heavy atom. The third kappa shape index (κ3) is 6.22. The van der Waals surface area contributed by atoms with Crippen LogP contribution in [0.2, 0.25) is 0 Å². The fourth-order valence-electron chi connectivity index (χ4n) is 5.96. The number of carbonyl (C=O) groups excluding carboxylic acids is 2. The van der Waals surface area contributed by atoms with Gasteiger partial charge in [0.2, 0.25) is 0 Å². The van der Waals surface area contributed by atoms with Crippen LogP contribution in [0.4, 0.5) is 9.59 Å². The second-order valence-corrected chi connectivity index (χ2v) is 14.0. The molecule has 1 aliphatic heterocycles. The smallest absolute Gasteiger partial charge is 0.449 e. The van der Waals surface area contributed by atoms with Gasteiger partial charge in [0.25, 0.3) is 0 Å². The van der Waals surface area contributed by atoms with E-state index in [2.05, 4.69) is 29.6 Å². The quantitative estimate of drug-likeness (QED) is 0.220. The molecule has 0 unspecified atom stereocenters. The molecule has 1 fully saturated rings. The number of alkyl carbamates (subject to hydrolysis) is 1. The summed E-state index contributed by atoms with van der Waals surface area (Å²) in [6.45, 7) is 13.9. The number of nitrogens with zero attached hydrogens (tertiary/aromatic N) is 1. The van der Waals surface area contributed by atoms with E-state index in [4.69, 9.17) is 18.8 Å². The summed E-state index contributed by atoms with van der Waals surface area (Å²) in [5.41, 5.74) is 5.29. The van der Waals surface area contributed by atoms with Gasteiger partial charge in [-0.05, 0) is 100.0 Å². The average Bonchev–Trinajstić information content (AvgIpc) is 3.62. The van der Waals surface area contributed by atoms with E-state index in [1.165, 1.54) is 15.7 Å². The zero-order valence-corrected chi connectivity index (χ0v) is 27.5. The van der Waals surface area contributed by atoms with Gasteiger partial charge in [-0.25, -0.2) is 9.59 Å². The predicted octanol–water partition coefficient (Wildman–Crippen LogP) is 7.98. The molecule has 1 aliphatic carbocycles. The lowest BCUT2D eigenvalue weighted by molar-refractivity contribution is 0.00578. The minimum atomic E-state index is -0.680. The number of hydrogen-bond acceptors (Lipinski definition) is 6. The van der Waals surface area contributed by atoms with Crippen LogP contribution < -0.4 is 5.32 Å². The number of carbonyl (C=O) groups is 2. The monoisotopic (exact) mass is 620 g/mol. The van der Waals surface area contributed by atoms with Crippen LogP contribution in [0, 0.1) is 0 Å². The van der Waals surface area contributed by atoms with Crippen LogP contribution in [0.5, 0.6) is 0 Å². The molecular formula is C37H41BN2O6. The highest BCUT2D eigenvalue weighted by atomic mass is 16.7. The number of aromatic nitrogens is 1. The van der Waals surface area contributed by atoms with E-state index in [1.54, 1.807) is 6.20 Å². The maximum absolute atomic E-state index is 13.1. The number of benzene rings is 3. The molecule has 1 saturated heterocycles. The van der Waals surface area contributed by atoms with Crippen LogP contribution in [-0.2, 0) is 18.8 Å². The van der Waals surface area contributed by atoms with E-state index in [0.717, 1.165) is 33.1 Å². The van der Waals surface area contributed by atoms with Crippen LogP contribution in [0.25, 0.3) is 28.1 Å². The number of hydrogen-bond donors (Lipinski definition) is 1. The standard InChI is InChI=1S/C37H41BN2O6/c1-35(2,3)44-34(42)40-19-18-25-20-24(16-17-32(25)40)21-26(38-45-36(4,5)37(6,7)46-38)22-39-33(41)43-23-31-29-14-10-8-12-27(29)28-13-9-11-15-30(28)31/h8-21,31H,22-23H2,1-7H3,(H,39,41). The largest absolute Gasteiger partial charge is 0.492 e. The highest BCUT2D eigenvalue weighted by Gasteiger charge is 2.52. The summed E-state index contributed by atoms with van der Waals surface area (Å²) in [6.07, 6.45) is 2.71. The zero-order valence-electron chi connectivity index (χ0n) is 27.5. The first-order valence-electron chi connectivity index (χ1n) is 15.7. The summed E-state index contributed by atoms with van der Waals surface area (Å²) < 4.78 is 25.6. The first-order chi connectivity index (χ1) is 21.7. The Morgan fingerprint density at radius 2 is 1.52 bits per heavy atom. The molecule has 9 heteroatoms. The van der Waals surface area contributed by atoms with E-state index >= 15 is 0 Å². The van der Waals surface area contributed by atoms with Crippen LogP contribution in [-0.4, -0.2) is 53.8 Å². The van der Waals surface area contributed by atoms with E-state index in [0.29, 0.717) is 0 Å². The molecule has 1 aromatic heterocycles. The minimum absolute atomic E-state index is 0.0315. The lowest BCUT2D eigenvalue weighted by atomic mass is 9.77. The van der Waals surface area contributed by atoms with Crippen molar-refractivity contribution in [2.75, 3.05) is 13.2 Å². The van der Waals surface area contributed by atoms with E-state index in [-0.39, 0.29) is 19.1 Å². The van der Waals surface area contributed by atoms with Crippen LogP contribution in [0.15, 0.2) is 84.5 Å². The first-order valence-corrected chi connectivity index (χ1v) is 15.7. The Balaban J connectivity index is 1.20. The van der Waals surface area contributed by atoms with Crippen LogP contribution >= 0.6 is 0 Å². The number of nitrogens with one attached hydrogen (secondary N) is 1. The second kappa shape index (κ2) is 11.8. The Morgan fingerprint density at radius 3 is 2.13 bits per heavy atom. The minimum Gasteiger partial charge on any atom is -0.449 e. The maximum Gasteiger partial charge on any atom is 0.492 e. The van der Waals surface area contributed by atoms with Gasteiger partial charge in [0, 0.05) is 24.0 Å². The number of rotatable bonds is 6. The molecule has 0 atom stereocenters. The molecule has 3 aromatic carbocycles. The van der Waals surface area contributed by atoms with Gasteiger partial charge in [0.05, 0.1) is 16.7 Å². The fraction of sp³-hybridized carbons (Fsp3) is 0.351. The van der Waals surface area contributed by atoms with Crippen molar-refractivity contribution in [3.8, 4) is 11.1 Å². The Kier molecular flexibility index (Phi) is 8.11.